The van der Waals surface area contributed by atoms with Gasteiger partial charge in [-0.05, 0) is 68.6 Å². The molecule has 0 aromatic carbocycles. The lowest BCUT2D eigenvalue weighted by molar-refractivity contribution is -0.147. The van der Waals surface area contributed by atoms with Crippen LogP contribution in [0.1, 0.15) is 58.8 Å². The van der Waals surface area contributed by atoms with Crippen LogP contribution in [0.4, 0.5) is 0 Å². The molecule has 0 aromatic heterocycles. The van der Waals surface area contributed by atoms with Crippen LogP contribution in [0.15, 0.2) is 0 Å². The summed E-state index contributed by atoms with van der Waals surface area (Å²) < 4.78 is 5.49. The van der Waals surface area contributed by atoms with Gasteiger partial charge >= 0.3 is 0 Å². The van der Waals surface area contributed by atoms with Crippen molar-refractivity contribution < 1.29 is 14.3 Å². The van der Waals surface area contributed by atoms with Crippen LogP contribution in [0, 0.1) is 29.1 Å². The zero-order valence-corrected chi connectivity index (χ0v) is 15.8. The molecule has 4 fully saturated rings. The van der Waals surface area contributed by atoms with Crippen LogP contribution in [-0.2, 0) is 14.3 Å². The molecule has 5 heteroatoms. The average molecular weight is 351 g/mol. The van der Waals surface area contributed by atoms with Gasteiger partial charge in [0, 0.05) is 25.2 Å². The first-order valence-corrected chi connectivity index (χ1v) is 10.1. The zero-order chi connectivity index (χ0) is 17.9. The van der Waals surface area contributed by atoms with Crippen molar-refractivity contribution in [1.29, 1.82) is 0 Å². The Bertz CT molecular complexity index is 454. The predicted molar refractivity (Wildman–Crippen MR) is 96.9 cm³/mol. The number of rotatable bonds is 9. The summed E-state index contributed by atoms with van der Waals surface area (Å²) >= 11 is 0. The molecule has 0 spiro atoms. The summed E-state index contributed by atoms with van der Waals surface area (Å²) in [7, 11) is 0. The Hall–Kier alpha value is -1.10. The van der Waals surface area contributed by atoms with Crippen LogP contribution >= 0.6 is 0 Å². The molecular weight excluding hydrogens is 316 g/mol. The third-order valence-corrected chi connectivity index (χ3v) is 6.17. The molecule has 0 atom stereocenters. The second-order valence-corrected chi connectivity index (χ2v) is 9.05. The zero-order valence-electron chi connectivity index (χ0n) is 15.8. The molecule has 4 aliphatic rings. The Labute approximate surface area is 151 Å². The van der Waals surface area contributed by atoms with E-state index in [9.17, 15) is 9.59 Å². The summed E-state index contributed by atoms with van der Waals surface area (Å²) in [4.78, 5) is 24.7. The molecule has 0 aromatic rings. The Kier molecular flexibility index (Phi) is 6.03. The highest BCUT2D eigenvalue weighted by Crippen LogP contribution is 2.60. The highest BCUT2D eigenvalue weighted by atomic mass is 16.5. The molecule has 0 radical (unpaired) electrons. The van der Waals surface area contributed by atoms with Crippen LogP contribution in [0.3, 0.4) is 0 Å². The van der Waals surface area contributed by atoms with Crippen molar-refractivity contribution >= 4 is 11.8 Å². The first-order chi connectivity index (χ1) is 12.0. The fraction of sp³-hybridized carbons (Fsp3) is 0.900. The van der Waals surface area contributed by atoms with Gasteiger partial charge in [-0.1, -0.05) is 13.8 Å². The number of carbonyl (C=O) groups is 2. The number of carbonyl (C=O) groups excluding carboxylic acids is 2. The lowest BCUT2D eigenvalue weighted by Crippen LogP contribution is -2.54. The maximum Gasteiger partial charge on any atom is 0.239 e. The smallest absolute Gasteiger partial charge is 0.239 e. The summed E-state index contributed by atoms with van der Waals surface area (Å²) in [6.45, 7) is 6.37. The average Bonchev–Trinajstić information content (AvgIpc) is 2.54. The molecule has 0 aliphatic heterocycles. The number of amides is 2. The van der Waals surface area contributed by atoms with E-state index in [4.69, 9.17) is 4.74 Å². The fourth-order valence-electron chi connectivity index (χ4n) is 5.52. The molecule has 5 nitrogen and oxygen atoms in total. The van der Waals surface area contributed by atoms with Crippen LogP contribution in [0.25, 0.3) is 0 Å². The minimum Gasteiger partial charge on any atom is -0.381 e. The summed E-state index contributed by atoms with van der Waals surface area (Å²) in [5, 5.41) is 5.79. The van der Waals surface area contributed by atoms with Crippen molar-refractivity contribution in [1.82, 2.24) is 10.6 Å². The van der Waals surface area contributed by atoms with Crippen molar-refractivity contribution in [2.24, 2.45) is 29.1 Å². The Morgan fingerprint density at radius 2 is 1.64 bits per heavy atom. The Balaban J connectivity index is 1.33. The number of hydrogen-bond acceptors (Lipinski definition) is 3. The molecule has 4 aliphatic carbocycles. The van der Waals surface area contributed by atoms with Gasteiger partial charge in [0.2, 0.25) is 11.8 Å². The quantitative estimate of drug-likeness (QED) is 0.628. The normalized spacial score (nSPS) is 32.8. The first-order valence-electron chi connectivity index (χ1n) is 10.1. The second kappa shape index (κ2) is 8.07. The van der Waals surface area contributed by atoms with Crippen LogP contribution in [0.2, 0.25) is 0 Å². The minimum absolute atomic E-state index is 0.0954. The molecule has 2 N–H and O–H groups in total. The molecule has 2 amide bonds. The molecule has 25 heavy (non-hydrogen) atoms. The SMILES string of the molecule is CC(C)COCCCNC(=O)CNC(=O)C12CC3CC(CC(C3)C1)C2. The molecule has 0 unspecified atom stereocenters. The molecule has 0 saturated heterocycles. The second-order valence-electron chi connectivity index (χ2n) is 9.05. The number of hydrogen-bond donors (Lipinski definition) is 2. The van der Waals surface area contributed by atoms with Gasteiger partial charge in [0.1, 0.15) is 0 Å². The van der Waals surface area contributed by atoms with Crippen molar-refractivity contribution in [3.8, 4) is 0 Å². The van der Waals surface area contributed by atoms with E-state index < -0.39 is 0 Å². The third kappa shape index (κ3) is 4.75. The van der Waals surface area contributed by atoms with E-state index in [0.717, 1.165) is 50.0 Å². The van der Waals surface area contributed by atoms with Crippen LogP contribution < -0.4 is 10.6 Å². The van der Waals surface area contributed by atoms with Crippen molar-refractivity contribution in [2.45, 2.75) is 58.8 Å². The molecule has 4 saturated carbocycles. The van der Waals surface area contributed by atoms with Crippen molar-refractivity contribution in [2.75, 3.05) is 26.3 Å². The first kappa shape index (κ1) is 18.7. The number of nitrogens with one attached hydrogen (secondary N) is 2. The standard InChI is InChI=1S/C20H34N2O3/c1-14(2)13-25-5-3-4-21-18(23)12-22-19(24)20-9-15-6-16(10-20)8-17(7-15)11-20/h14-17H,3-13H2,1-2H3,(H,21,23)(H,22,24). The largest absolute Gasteiger partial charge is 0.381 e. The van der Waals surface area contributed by atoms with Gasteiger partial charge in [0.05, 0.1) is 6.54 Å². The molecular formula is C20H34N2O3. The summed E-state index contributed by atoms with van der Waals surface area (Å²) in [6.07, 6.45) is 7.91. The monoisotopic (exact) mass is 350 g/mol. The summed E-state index contributed by atoms with van der Waals surface area (Å²) in [5.41, 5.74) is -0.167. The lowest BCUT2D eigenvalue weighted by atomic mass is 9.49. The summed E-state index contributed by atoms with van der Waals surface area (Å²) in [5.74, 6) is 2.81. The molecule has 4 bridgehead atoms. The molecule has 142 valence electrons. The van der Waals surface area contributed by atoms with Crippen molar-refractivity contribution in [3.05, 3.63) is 0 Å². The van der Waals surface area contributed by atoms with E-state index >= 15 is 0 Å². The Morgan fingerprint density at radius 3 is 2.20 bits per heavy atom. The molecule has 4 rings (SSSR count). The van der Waals surface area contributed by atoms with Gasteiger partial charge in [-0.3, -0.25) is 9.59 Å². The van der Waals surface area contributed by atoms with Gasteiger partial charge in [-0.2, -0.15) is 0 Å². The van der Waals surface area contributed by atoms with Gasteiger partial charge in [-0.15, -0.1) is 0 Å². The van der Waals surface area contributed by atoms with E-state index in [1.165, 1.54) is 19.3 Å². The van der Waals surface area contributed by atoms with E-state index in [2.05, 4.69) is 24.5 Å². The maximum absolute atomic E-state index is 12.8. The van der Waals surface area contributed by atoms with Gasteiger partial charge < -0.3 is 15.4 Å². The third-order valence-electron chi connectivity index (χ3n) is 6.17. The minimum atomic E-state index is -0.167. The van der Waals surface area contributed by atoms with E-state index in [0.29, 0.717) is 19.1 Å². The van der Waals surface area contributed by atoms with E-state index in [1.807, 2.05) is 0 Å². The number of ether oxygens (including phenoxy) is 1. The Morgan fingerprint density at radius 1 is 1.04 bits per heavy atom. The van der Waals surface area contributed by atoms with Gasteiger partial charge in [-0.25, -0.2) is 0 Å². The summed E-state index contributed by atoms with van der Waals surface area (Å²) in [6, 6.07) is 0. The topological polar surface area (TPSA) is 67.4 Å². The highest BCUT2D eigenvalue weighted by molar-refractivity contribution is 5.88. The van der Waals surface area contributed by atoms with Gasteiger partial charge in [0.25, 0.3) is 0 Å². The van der Waals surface area contributed by atoms with Crippen LogP contribution in [-0.4, -0.2) is 38.1 Å². The maximum atomic E-state index is 12.8. The molecule has 0 heterocycles. The van der Waals surface area contributed by atoms with Gasteiger partial charge in [0.15, 0.2) is 0 Å². The van der Waals surface area contributed by atoms with E-state index in [1.54, 1.807) is 0 Å². The lowest BCUT2D eigenvalue weighted by Gasteiger charge is -2.55. The van der Waals surface area contributed by atoms with E-state index in [-0.39, 0.29) is 23.8 Å². The predicted octanol–water partition coefficient (Wildman–Crippen LogP) is 2.50. The van der Waals surface area contributed by atoms with Crippen LogP contribution in [0.5, 0.6) is 0 Å². The highest BCUT2D eigenvalue weighted by Gasteiger charge is 2.54. The fourth-order valence-corrected chi connectivity index (χ4v) is 5.52. The van der Waals surface area contributed by atoms with Crippen molar-refractivity contribution in [3.63, 3.8) is 0 Å².